The first kappa shape index (κ1) is 32.3. The highest BCUT2D eigenvalue weighted by molar-refractivity contribution is 6.21. The van der Waals surface area contributed by atoms with Gasteiger partial charge in [-0.25, -0.2) is 4.79 Å². The second-order valence-electron chi connectivity index (χ2n) is 9.96. The van der Waals surface area contributed by atoms with Crippen LogP contribution in [-0.2, 0) is 19.1 Å². The summed E-state index contributed by atoms with van der Waals surface area (Å²) in [5, 5.41) is 27.9. The summed E-state index contributed by atoms with van der Waals surface area (Å²) in [4.78, 5) is 36.5. The van der Waals surface area contributed by atoms with Crippen LogP contribution >= 0.6 is 11.6 Å². The van der Waals surface area contributed by atoms with Crippen molar-refractivity contribution in [1.82, 2.24) is 4.90 Å². The first-order valence-electron chi connectivity index (χ1n) is 13.2. The molecule has 0 saturated heterocycles. The number of hydrogen-bond acceptors (Lipinski definition) is 7. The van der Waals surface area contributed by atoms with E-state index in [4.69, 9.17) is 26.2 Å². The molecule has 0 aliphatic rings. The normalized spacial score (nSPS) is 14.5. The number of aliphatic hydroxyl groups is 1. The Bertz CT molecular complexity index is 1380. The maximum Gasteiger partial charge on any atom is 0.336 e. The van der Waals surface area contributed by atoms with Crippen LogP contribution in [0, 0.1) is 0 Å². The molecule has 3 unspecified atom stereocenters. The first-order chi connectivity index (χ1) is 20.0. The highest BCUT2D eigenvalue weighted by Gasteiger charge is 2.42. The van der Waals surface area contributed by atoms with Crippen LogP contribution in [0.25, 0.3) is 11.6 Å². The summed E-state index contributed by atoms with van der Waals surface area (Å²) >= 11 is 6.98. The topological polar surface area (TPSA) is 134 Å². The standard InChI is InChI=1S/C32H34ClNO8/c1-34(2)28(42-30(37)20-32(40,31(38)39)19-29(35)36)21-41-27-16-10-9-15-25(27)26(33)18-24(23-13-7-4-8-14-23)17-22-11-5-3-6-12-22/h3-17,26,28,40H,18-21H2,1-2H3,(H,35,36)(H,38,39)/b24-17+. The van der Waals surface area contributed by atoms with Gasteiger partial charge in [-0.1, -0.05) is 84.9 Å². The molecule has 3 N–H and O–H groups in total. The third kappa shape index (κ3) is 9.44. The quantitative estimate of drug-likeness (QED) is 0.0951. The molecular formula is C32H34ClNO8. The molecule has 0 amide bonds. The van der Waals surface area contributed by atoms with Crippen molar-refractivity contribution in [2.24, 2.45) is 0 Å². The molecule has 3 rings (SSSR count). The van der Waals surface area contributed by atoms with E-state index in [9.17, 15) is 24.6 Å². The van der Waals surface area contributed by atoms with Gasteiger partial charge in [-0.05, 0) is 43.3 Å². The summed E-state index contributed by atoms with van der Waals surface area (Å²) in [7, 11) is 3.25. The number of para-hydroxylation sites is 1. The molecule has 0 radical (unpaired) electrons. The van der Waals surface area contributed by atoms with Gasteiger partial charge in [0.2, 0.25) is 0 Å². The Balaban J connectivity index is 1.75. The average molecular weight is 596 g/mol. The minimum Gasteiger partial charge on any atom is -0.488 e. The van der Waals surface area contributed by atoms with Crippen LogP contribution in [0.15, 0.2) is 84.9 Å². The van der Waals surface area contributed by atoms with E-state index in [1.165, 1.54) is 4.90 Å². The van der Waals surface area contributed by atoms with Crippen LogP contribution in [0.2, 0.25) is 0 Å². The lowest BCUT2D eigenvalue weighted by atomic mass is 9.95. The van der Waals surface area contributed by atoms with E-state index in [1.807, 2.05) is 72.8 Å². The fourth-order valence-corrected chi connectivity index (χ4v) is 4.53. The van der Waals surface area contributed by atoms with Crippen LogP contribution in [0.3, 0.4) is 0 Å². The van der Waals surface area contributed by atoms with Gasteiger partial charge in [0.15, 0.2) is 11.8 Å². The van der Waals surface area contributed by atoms with Gasteiger partial charge in [-0.15, -0.1) is 11.6 Å². The Morgan fingerprint density at radius 1 is 0.905 bits per heavy atom. The Morgan fingerprint density at radius 3 is 2.10 bits per heavy atom. The molecule has 0 fully saturated rings. The molecule has 10 heteroatoms. The van der Waals surface area contributed by atoms with Crippen molar-refractivity contribution in [3.8, 4) is 5.75 Å². The number of alkyl halides is 1. The van der Waals surface area contributed by atoms with Crippen LogP contribution in [0.1, 0.15) is 41.3 Å². The molecule has 0 aliphatic heterocycles. The average Bonchev–Trinajstić information content (AvgIpc) is 2.95. The van der Waals surface area contributed by atoms with Gasteiger partial charge in [0, 0.05) is 5.56 Å². The molecule has 222 valence electrons. The van der Waals surface area contributed by atoms with E-state index >= 15 is 0 Å². The fourth-order valence-electron chi connectivity index (χ4n) is 4.18. The van der Waals surface area contributed by atoms with Gasteiger partial charge in [-0.3, -0.25) is 14.5 Å². The lowest BCUT2D eigenvalue weighted by Crippen LogP contribution is -2.45. The van der Waals surface area contributed by atoms with E-state index < -0.39 is 48.0 Å². The monoisotopic (exact) mass is 595 g/mol. The maximum atomic E-state index is 12.5. The molecule has 3 aromatic rings. The van der Waals surface area contributed by atoms with Gasteiger partial charge in [0.1, 0.15) is 12.4 Å². The zero-order valence-corrected chi connectivity index (χ0v) is 24.1. The van der Waals surface area contributed by atoms with Gasteiger partial charge in [0.25, 0.3) is 0 Å². The van der Waals surface area contributed by atoms with Crippen molar-refractivity contribution in [3.05, 3.63) is 102 Å². The number of carboxylic acid groups (broad SMARTS) is 2. The third-order valence-corrected chi connectivity index (χ3v) is 6.83. The first-order valence-corrected chi connectivity index (χ1v) is 13.6. The van der Waals surface area contributed by atoms with Crippen molar-refractivity contribution in [2.75, 3.05) is 20.7 Å². The Labute approximate surface area is 249 Å². The number of hydrogen-bond donors (Lipinski definition) is 3. The number of carboxylic acids is 2. The zero-order chi connectivity index (χ0) is 30.7. The second kappa shape index (κ2) is 15.2. The van der Waals surface area contributed by atoms with E-state index in [0.717, 1.165) is 22.3 Å². The SMILES string of the molecule is CN(C)C(COc1ccccc1C(Cl)C/C(=C\c1ccccc1)c1ccccc1)OC(=O)CC(O)(CC(=O)O)C(=O)O. The summed E-state index contributed by atoms with van der Waals surface area (Å²) in [5.74, 6) is -4.02. The van der Waals surface area contributed by atoms with Gasteiger partial charge >= 0.3 is 17.9 Å². The fraction of sp³-hybridized carbons (Fsp3) is 0.281. The number of nitrogens with zero attached hydrogens (tertiary/aromatic N) is 1. The Kier molecular flexibility index (Phi) is 11.7. The van der Waals surface area contributed by atoms with Crippen LogP contribution < -0.4 is 4.74 Å². The summed E-state index contributed by atoms with van der Waals surface area (Å²) in [5.41, 5.74) is 1.03. The number of rotatable bonds is 15. The molecule has 3 aromatic carbocycles. The lowest BCUT2D eigenvalue weighted by Gasteiger charge is -2.27. The largest absolute Gasteiger partial charge is 0.488 e. The molecule has 0 aliphatic carbocycles. The smallest absolute Gasteiger partial charge is 0.336 e. The summed E-state index contributed by atoms with van der Waals surface area (Å²) in [6.07, 6.45) is -0.590. The molecule has 42 heavy (non-hydrogen) atoms. The van der Waals surface area contributed by atoms with Crippen LogP contribution in [-0.4, -0.2) is 70.7 Å². The summed E-state index contributed by atoms with van der Waals surface area (Å²) < 4.78 is 11.4. The Morgan fingerprint density at radius 2 is 1.50 bits per heavy atom. The molecule has 0 bridgehead atoms. The molecule has 3 atom stereocenters. The van der Waals surface area contributed by atoms with Crippen LogP contribution in [0.4, 0.5) is 0 Å². The number of ether oxygens (including phenoxy) is 2. The van der Waals surface area contributed by atoms with Crippen molar-refractivity contribution in [3.63, 3.8) is 0 Å². The van der Waals surface area contributed by atoms with Gasteiger partial charge in [0.05, 0.1) is 18.2 Å². The number of carbonyl (C=O) groups excluding carboxylic acids is 1. The van der Waals surface area contributed by atoms with Crippen molar-refractivity contribution >= 4 is 41.2 Å². The van der Waals surface area contributed by atoms with E-state index in [-0.39, 0.29) is 6.61 Å². The minimum atomic E-state index is -2.80. The minimum absolute atomic E-state index is 0.144. The van der Waals surface area contributed by atoms with Crippen molar-refractivity contribution < 1.29 is 39.2 Å². The van der Waals surface area contributed by atoms with E-state index in [2.05, 4.69) is 6.08 Å². The Hall–Kier alpha value is -4.18. The van der Waals surface area contributed by atoms with Crippen LogP contribution in [0.5, 0.6) is 5.75 Å². The maximum absolute atomic E-state index is 12.5. The number of halogens is 1. The molecule has 0 heterocycles. The molecular weight excluding hydrogens is 562 g/mol. The van der Waals surface area contributed by atoms with Crippen molar-refractivity contribution in [2.45, 2.75) is 36.5 Å². The predicted octanol–water partition coefficient (Wildman–Crippen LogP) is 5.09. The van der Waals surface area contributed by atoms with Gasteiger partial charge in [-0.2, -0.15) is 0 Å². The predicted molar refractivity (Wildman–Crippen MR) is 159 cm³/mol. The second-order valence-corrected chi connectivity index (χ2v) is 10.5. The lowest BCUT2D eigenvalue weighted by molar-refractivity contribution is -0.177. The number of esters is 1. The molecule has 9 nitrogen and oxygen atoms in total. The summed E-state index contributed by atoms with van der Waals surface area (Å²) in [6.45, 7) is -0.144. The number of benzene rings is 3. The number of likely N-dealkylation sites (N-methyl/N-ethyl adjacent to an activating group) is 1. The molecule has 0 aromatic heterocycles. The van der Waals surface area contributed by atoms with E-state index in [0.29, 0.717) is 12.2 Å². The summed E-state index contributed by atoms with van der Waals surface area (Å²) in [6, 6.07) is 27.1. The molecule has 0 saturated carbocycles. The van der Waals surface area contributed by atoms with Crippen molar-refractivity contribution in [1.29, 1.82) is 0 Å². The highest BCUT2D eigenvalue weighted by Crippen LogP contribution is 2.38. The number of aliphatic carboxylic acids is 2. The zero-order valence-electron chi connectivity index (χ0n) is 23.4. The number of allylic oxidation sites excluding steroid dienone is 1. The highest BCUT2D eigenvalue weighted by atomic mass is 35.5. The molecule has 0 spiro atoms. The van der Waals surface area contributed by atoms with E-state index in [1.54, 1.807) is 26.2 Å². The van der Waals surface area contributed by atoms with Gasteiger partial charge < -0.3 is 24.8 Å². The third-order valence-electron chi connectivity index (χ3n) is 6.44. The number of carbonyl (C=O) groups is 3.